The van der Waals surface area contributed by atoms with Crippen LogP contribution in [0.25, 0.3) is 6.08 Å². The summed E-state index contributed by atoms with van der Waals surface area (Å²) in [6.45, 7) is 2.91. The van der Waals surface area contributed by atoms with E-state index in [1.54, 1.807) is 12.1 Å². The predicted octanol–water partition coefficient (Wildman–Crippen LogP) is 3.92. The van der Waals surface area contributed by atoms with Crippen LogP contribution in [0.5, 0.6) is 5.75 Å². The van der Waals surface area contributed by atoms with Crippen LogP contribution in [-0.4, -0.2) is 49.0 Å². The fourth-order valence-electron chi connectivity index (χ4n) is 4.24. The Morgan fingerprint density at radius 3 is 2.67 bits per heavy atom. The van der Waals surface area contributed by atoms with Crippen LogP contribution in [0.4, 0.5) is 0 Å². The fraction of sp³-hybridized carbons (Fsp3) is 0.360. The van der Waals surface area contributed by atoms with Crippen LogP contribution in [-0.2, 0) is 16.0 Å². The standard InChI is InChI=1S/C25H27NO4/c1-29-24(28)10-8-20-7-9-23-21(17-20)22(27)18-25(30-23)12-15-26(16-13-25)14-11-19-5-3-2-4-6-19/h2-10,17H,11-16,18H2,1H3/b10-8+. The van der Waals surface area contributed by atoms with Crippen molar-refractivity contribution in [2.75, 3.05) is 26.7 Å². The van der Waals surface area contributed by atoms with Crippen molar-refractivity contribution in [3.63, 3.8) is 0 Å². The zero-order chi connectivity index (χ0) is 21.0. The lowest BCUT2D eigenvalue weighted by Crippen LogP contribution is -2.51. The first-order valence-corrected chi connectivity index (χ1v) is 10.5. The summed E-state index contributed by atoms with van der Waals surface area (Å²) < 4.78 is 11.0. The topological polar surface area (TPSA) is 55.8 Å². The maximum Gasteiger partial charge on any atom is 0.330 e. The molecule has 5 nitrogen and oxygen atoms in total. The van der Waals surface area contributed by atoms with Crippen molar-refractivity contribution >= 4 is 17.8 Å². The molecule has 0 amide bonds. The van der Waals surface area contributed by atoms with Crippen molar-refractivity contribution in [1.82, 2.24) is 4.90 Å². The van der Waals surface area contributed by atoms with Crippen LogP contribution in [0.3, 0.4) is 0 Å². The van der Waals surface area contributed by atoms with Crippen LogP contribution >= 0.6 is 0 Å². The van der Waals surface area contributed by atoms with Crippen molar-refractivity contribution in [1.29, 1.82) is 0 Å². The third kappa shape index (κ3) is 4.62. The van der Waals surface area contributed by atoms with E-state index in [4.69, 9.17) is 4.74 Å². The summed E-state index contributed by atoms with van der Waals surface area (Å²) in [5.41, 5.74) is 2.34. The molecular formula is C25H27NO4. The van der Waals surface area contributed by atoms with Crippen LogP contribution < -0.4 is 4.74 Å². The summed E-state index contributed by atoms with van der Waals surface area (Å²) in [5.74, 6) is 0.342. The Kier molecular flexibility index (Phi) is 6.00. The van der Waals surface area contributed by atoms with E-state index < -0.39 is 11.6 Å². The number of rotatable bonds is 5. The molecule has 0 radical (unpaired) electrons. The highest BCUT2D eigenvalue weighted by atomic mass is 16.5. The molecule has 5 heteroatoms. The number of Topliss-reactive ketones (excluding diaryl/α,β-unsaturated/α-hetero) is 1. The number of ether oxygens (including phenoxy) is 2. The molecule has 1 fully saturated rings. The highest BCUT2D eigenvalue weighted by Gasteiger charge is 2.42. The number of esters is 1. The molecule has 0 unspecified atom stereocenters. The molecule has 2 heterocycles. The Morgan fingerprint density at radius 2 is 1.93 bits per heavy atom. The van der Waals surface area contributed by atoms with Crippen molar-refractivity contribution in [3.05, 3.63) is 71.3 Å². The molecule has 0 bridgehead atoms. The number of carbonyl (C=O) groups is 2. The molecule has 0 N–H and O–H groups in total. The average Bonchev–Trinajstić information content (AvgIpc) is 2.78. The molecule has 0 saturated carbocycles. The quantitative estimate of drug-likeness (QED) is 0.558. The van der Waals surface area contributed by atoms with E-state index in [1.807, 2.05) is 18.2 Å². The lowest BCUT2D eigenvalue weighted by molar-refractivity contribution is -0.134. The van der Waals surface area contributed by atoms with Crippen molar-refractivity contribution < 1.29 is 19.1 Å². The van der Waals surface area contributed by atoms with Crippen LogP contribution in [0, 0.1) is 0 Å². The SMILES string of the molecule is COC(=O)/C=C/c1ccc2c(c1)C(=O)CC1(CCN(CCc3ccccc3)CC1)O2. The Labute approximate surface area is 177 Å². The number of likely N-dealkylation sites (tertiary alicyclic amines) is 1. The summed E-state index contributed by atoms with van der Waals surface area (Å²) in [6, 6.07) is 16.0. The second kappa shape index (κ2) is 8.84. The number of methoxy groups -OCH3 is 1. The summed E-state index contributed by atoms with van der Waals surface area (Å²) in [6.07, 6.45) is 6.17. The molecule has 156 valence electrons. The highest BCUT2D eigenvalue weighted by Crippen LogP contribution is 2.39. The van der Waals surface area contributed by atoms with Gasteiger partial charge >= 0.3 is 5.97 Å². The summed E-state index contributed by atoms with van der Waals surface area (Å²) >= 11 is 0. The smallest absolute Gasteiger partial charge is 0.330 e. The Morgan fingerprint density at radius 1 is 1.17 bits per heavy atom. The van der Waals surface area contributed by atoms with Gasteiger partial charge in [-0.25, -0.2) is 4.79 Å². The van der Waals surface area contributed by atoms with Crippen molar-refractivity contribution in [2.24, 2.45) is 0 Å². The lowest BCUT2D eigenvalue weighted by atomic mass is 9.82. The molecule has 2 aromatic carbocycles. The molecule has 1 spiro atoms. The second-order valence-electron chi connectivity index (χ2n) is 8.07. The number of carbonyl (C=O) groups excluding carboxylic acids is 2. The van der Waals surface area contributed by atoms with Crippen LogP contribution in [0.2, 0.25) is 0 Å². The molecule has 0 aromatic heterocycles. The number of benzene rings is 2. The Balaban J connectivity index is 1.38. The van der Waals surface area contributed by atoms with Gasteiger partial charge in [-0.1, -0.05) is 36.4 Å². The first kappa shape index (κ1) is 20.4. The highest BCUT2D eigenvalue weighted by molar-refractivity contribution is 6.01. The molecule has 2 aliphatic rings. The minimum Gasteiger partial charge on any atom is -0.486 e. The van der Waals surface area contributed by atoms with E-state index in [0.29, 0.717) is 17.7 Å². The van der Waals surface area contributed by atoms with Crippen LogP contribution in [0.15, 0.2) is 54.6 Å². The molecule has 2 aliphatic heterocycles. The van der Waals surface area contributed by atoms with Gasteiger partial charge in [-0.05, 0) is 35.8 Å². The average molecular weight is 405 g/mol. The first-order valence-electron chi connectivity index (χ1n) is 10.5. The maximum atomic E-state index is 12.9. The van der Waals surface area contributed by atoms with Gasteiger partial charge in [-0.3, -0.25) is 4.79 Å². The number of nitrogens with zero attached hydrogens (tertiary/aromatic N) is 1. The summed E-state index contributed by atoms with van der Waals surface area (Å²) in [7, 11) is 1.34. The third-order valence-electron chi connectivity index (χ3n) is 6.05. The van der Waals surface area contributed by atoms with Crippen molar-refractivity contribution in [2.45, 2.75) is 31.3 Å². The Bertz CT molecular complexity index is 943. The molecule has 0 atom stereocenters. The van der Waals surface area contributed by atoms with Gasteiger partial charge in [0.05, 0.1) is 19.1 Å². The fourth-order valence-corrected chi connectivity index (χ4v) is 4.24. The van der Waals surface area contributed by atoms with Gasteiger partial charge in [0.2, 0.25) is 0 Å². The maximum absolute atomic E-state index is 12.9. The van der Waals surface area contributed by atoms with E-state index in [-0.39, 0.29) is 5.78 Å². The zero-order valence-corrected chi connectivity index (χ0v) is 17.3. The zero-order valence-electron chi connectivity index (χ0n) is 17.3. The van der Waals surface area contributed by atoms with Gasteiger partial charge in [0.25, 0.3) is 0 Å². The monoisotopic (exact) mass is 405 g/mol. The minimum atomic E-state index is -0.423. The normalized spacial score (nSPS) is 18.2. The third-order valence-corrected chi connectivity index (χ3v) is 6.05. The largest absolute Gasteiger partial charge is 0.486 e. The number of piperidine rings is 1. The van der Waals surface area contributed by atoms with Crippen LogP contribution in [0.1, 0.15) is 40.7 Å². The molecule has 2 aromatic rings. The second-order valence-corrected chi connectivity index (χ2v) is 8.07. The van der Waals surface area contributed by atoms with Gasteiger partial charge < -0.3 is 14.4 Å². The molecule has 30 heavy (non-hydrogen) atoms. The first-order chi connectivity index (χ1) is 14.6. The van der Waals surface area contributed by atoms with Gasteiger partial charge in [-0.2, -0.15) is 0 Å². The van der Waals surface area contributed by atoms with E-state index in [2.05, 4.69) is 33.9 Å². The summed E-state index contributed by atoms with van der Waals surface area (Å²) in [5, 5.41) is 0. The van der Waals surface area contributed by atoms with Gasteiger partial charge in [0.1, 0.15) is 11.4 Å². The van der Waals surface area contributed by atoms with E-state index in [1.165, 1.54) is 18.7 Å². The minimum absolute atomic E-state index is 0.113. The van der Waals surface area contributed by atoms with Gasteiger partial charge in [0.15, 0.2) is 5.78 Å². The Hall–Kier alpha value is -2.92. The number of hydrogen-bond donors (Lipinski definition) is 0. The predicted molar refractivity (Wildman–Crippen MR) is 116 cm³/mol. The number of fused-ring (bicyclic) bond motifs is 1. The van der Waals surface area contributed by atoms with E-state index >= 15 is 0 Å². The summed E-state index contributed by atoms with van der Waals surface area (Å²) in [4.78, 5) is 26.6. The lowest BCUT2D eigenvalue weighted by Gasteiger charge is -2.44. The molecule has 1 saturated heterocycles. The van der Waals surface area contributed by atoms with E-state index in [9.17, 15) is 9.59 Å². The number of hydrogen-bond acceptors (Lipinski definition) is 5. The van der Waals surface area contributed by atoms with Crippen molar-refractivity contribution in [3.8, 4) is 5.75 Å². The molecule has 4 rings (SSSR count). The molecular weight excluding hydrogens is 378 g/mol. The van der Waals surface area contributed by atoms with Gasteiger partial charge in [-0.15, -0.1) is 0 Å². The molecule has 0 aliphatic carbocycles. The number of ketones is 1. The van der Waals surface area contributed by atoms with E-state index in [0.717, 1.165) is 44.5 Å². The van der Waals surface area contributed by atoms with Gasteiger partial charge in [0, 0.05) is 38.6 Å².